The Bertz CT molecular complexity index is 687. The van der Waals surface area contributed by atoms with E-state index >= 15 is 0 Å². The summed E-state index contributed by atoms with van der Waals surface area (Å²) < 4.78 is 9.77. The van der Waals surface area contributed by atoms with E-state index in [0.29, 0.717) is 11.3 Å². The number of hydrogen-bond acceptors (Lipinski definition) is 8. The highest BCUT2D eigenvalue weighted by molar-refractivity contribution is 8.14. The first-order valence-corrected chi connectivity index (χ1v) is 8.56. The van der Waals surface area contributed by atoms with Gasteiger partial charge in [-0.2, -0.15) is 0 Å². The molecule has 1 aromatic rings. The van der Waals surface area contributed by atoms with Crippen molar-refractivity contribution in [2.45, 2.75) is 11.4 Å². The zero-order valence-corrected chi connectivity index (χ0v) is 13.3. The Morgan fingerprint density at radius 3 is 3.00 bits per heavy atom. The third-order valence-electron chi connectivity index (χ3n) is 3.32. The maximum atomic E-state index is 11.9. The van der Waals surface area contributed by atoms with Crippen molar-refractivity contribution in [2.24, 2.45) is 5.73 Å². The fourth-order valence-corrected chi connectivity index (χ4v) is 4.41. The monoisotopic (exact) mass is 356 g/mol. The first kappa shape index (κ1) is 16.0. The molecule has 2 aliphatic rings. The summed E-state index contributed by atoms with van der Waals surface area (Å²) in [4.78, 5) is 35.9. The summed E-state index contributed by atoms with van der Waals surface area (Å²) in [5.41, 5.74) is 6.25. The minimum Gasteiger partial charge on any atom is -0.460 e. The zero-order chi connectivity index (χ0) is 16.6. The van der Waals surface area contributed by atoms with Crippen molar-refractivity contribution in [2.75, 3.05) is 11.5 Å². The van der Waals surface area contributed by atoms with Crippen LogP contribution in [0.3, 0.4) is 0 Å². The number of carbonyl (C=O) groups excluding carboxylic acids is 2. The zero-order valence-electron chi connectivity index (χ0n) is 11.6. The first-order chi connectivity index (χ1) is 11.0. The smallest absolute Gasteiger partial charge is 0.460 e. The van der Waals surface area contributed by atoms with Gasteiger partial charge in [-0.05, 0) is 12.1 Å². The molecule has 1 saturated heterocycles. The molecule has 3 heterocycles. The standard InChI is InChI=1S/C13H12N2O6S2/c14-8-9(16)15-10(21-13(18)19)6(4-22-11(8)15)5-23-12(17)7-2-1-3-20-7/h1-3,8,11H,4-5,14H2,(H,18,19)/t8?,11-/m0/s1. The Morgan fingerprint density at radius 2 is 2.35 bits per heavy atom. The van der Waals surface area contributed by atoms with Crippen molar-refractivity contribution < 1.29 is 28.6 Å². The Kier molecular flexibility index (Phi) is 4.37. The number of fused-ring (bicyclic) bond motifs is 1. The third kappa shape index (κ3) is 2.96. The van der Waals surface area contributed by atoms with E-state index in [2.05, 4.69) is 0 Å². The maximum absolute atomic E-state index is 11.9. The first-order valence-electron chi connectivity index (χ1n) is 6.52. The lowest BCUT2D eigenvalue weighted by Gasteiger charge is -2.47. The number of thioether (sulfide) groups is 2. The molecule has 3 rings (SSSR count). The second kappa shape index (κ2) is 6.30. The van der Waals surface area contributed by atoms with Gasteiger partial charge >= 0.3 is 6.16 Å². The normalized spacial score (nSPS) is 23.3. The SMILES string of the molecule is NC1C(=O)N2C(OC(=O)O)=C(CSC(=O)c3ccco3)CS[C@@H]12. The van der Waals surface area contributed by atoms with Gasteiger partial charge in [-0.25, -0.2) is 4.79 Å². The van der Waals surface area contributed by atoms with E-state index in [0.717, 1.165) is 11.8 Å². The Balaban J connectivity index is 1.76. The molecule has 3 N–H and O–H groups in total. The van der Waals surface area contributed by atoms with Gasteiger partial charge < -0.3 is 20.0 Å². The van der Waals surface area contributed by atoms with Gasteiger partial charge in [-0.3, -0.25) is 14.5 Å². The number of hydrogen-bond donors (Lipinski definition) is 2. The van der Waals surface area contributed by atoms with Crippen LogP contribution in [-0.4, -0.2) is 50.1 Å². The lowest BCUT2D eigenvalue weighted by Crippen LogP contribution is -2.68. The van der Waals surface area contributed by atoms with E-state index in [4.69, 9.17) is 20.0 Å². The summed E-state index contributed by atoms with van der Waals surface area (Å²) in [5, 5.41) is 8.26. The molecule has 0 saturated carbocycles. The second-order valence-electron chi connectivity index (χ2n) is 4.77. The Labute approximate surface area is 139 Å². The predicted molar refractivity (Wildman–Crippen MR) is 82.7 cm³/mol. The van der Waals surface area contributed by atoms with E-state index in [-0.39, 0.29) is 27.9 Å². The molecule has 0 radical (unpaired) electrons. The summed E-state index contributed by atoms with van der Waals surface area (Å²) in [6.07, 6.45) is -0.119. The molecule has 1 fully saturated rings. The van der Waals surface area contributed by atoms with E-state index in [1.807, 2.05) is 0 Å². The highest BCUT2D eigenvalue weighted by Gasteiger charge is 2.51. The molecule has 0 aromatic carbocycles. The van der Waals surface area contributed by atoms with Crippen LogP contribution >= 0.6 is 23.5 Å². The number of ether oxygens (including phenoxy) is 1. The number of amides is 1. The van der Waals surface area contributed by atoms with Gasteiger partial charge in [-0.15, -0.1) is 11.8 Å². The summed E-state index contributed by atoms with van der Waals surface area (Å²) in [6.45, 7) is 0. The summed E-state index contributed by atoms with van der Waals surface area (Å²) in [7, 11) is 0. The molecule has 2 atom stereocenters. The molecular formula is C13H12N2O6S2. The Hall–Kier alpha value is -1.91. The van der Waals surface area contributed by atoms with E-state index in [9.17, 15) is 14.4 Å². The number of β-lactam (4-membered cyclic amide) rings is 1. The minimum absolute atomic E-state index is 0.0345. The molecule has 1 amide bonds. The van der Waals surface area contributed by atoms with Crippen molar-refractivity contribution in [3.05, 3.63) is 35.6 Å². The molecule has 2 aliphatic heterocycles. The summed E-state index contributed by atoms with van der Waals surface area (Å²) in [5.74, 6) is 0.412. The van der Waals surface area contributed by atoms with E-state index < -0.39 is 18.1 Å². The van der Waals surface area contributed by atoms with Gasteiger partial charge in [0.15, 0.2) is 5.76 Å². The fraction of sp³-hybridized carbons (Fsp3) is 0.308. The highest BCUT2D eigenvalue weighted by Crippen LogP contribution is 2.40. The van der Waals surface area contributed by atoms with Gasteiger partial charge in [0.05, 0.1) is 6.26 Å². The van der Waals surface area contributed by atoms with Crippen molar-refractivity contribution in [3.63, 3.8) is 0 Å². The lowest BCUT2D eigenvalue weighted by atomic mass is 10.1. The predicted octanol–water partition coefficient (Wildman–Crippen LogP) is 1.30. The van der Waals surface area contributed by atoms with Crippen LogP contribution in [0, 0.1) is 0 Å². The molecule has 0 aliphatic carbocycles. The molecule has 1 aromatic heterocycles. The average Bonchev–Trinajstić information content (AvgIpc) is 3.06. The lowest BCUT2D eigenvalue weighted by molar-refractivity contribution is -0.144. The molecule has 10 heteroatoms. The Morgan fingerprint density at radius 1 is 1.57 bits per heavy atom. The third-order valence-corrected chi connectivity index (χ3v) is 5.63. The number of nitrogens with zero attached hydrogens (tertiary/aromatic N) is 1. The van der Waals surface area contributed by atoms with E-state index in [1.54, 1.807) is 12.1 Å². The van der Waals surface area contributed by atoms with Crippen LogP contribution in [0.25, 0.3) is 0 Å². The molecule has 23 heavy (non-hydrogen) atoms. The van der Waals surface area contributed by atoms with Crippen LogP contribution in [0.4, 0.5) is 4.79 Å². The molecule has 1 unspecified atom stereocenters. The largest absolute Gasteiger partial charge is 0.512 e. The van der Waals surface area contributed by atoms with Gasteiger partial charge in [-0.1, -0.05) is 11.8 Å². The minimum atomic E-state index is -1.52. The summed E-state index contributed by atoms with van der Waals surface area (Å²) in [6, 6.07) is 2.49. The van der Waals surface area contributed by atoms with Crippen LogP contribution < -0.4 is 5.73 Å². The maximum Gasteiger partial charge on any atom is 0.512 e. The topological polar surface area (TPSA) is 123 Å². The number of nitrogens with two attached hydrogens (primary N) is 1. The number of carboxylic acid groups (broad SMARTS) is 1. The van der Waals surface area contributed by atoms with Crippen LogP contribution in [0.5, 0.6) is 0 Å². The molecular weight excluding hydrogens is 344 g/mol. The van der Waals surface area contributed by atoms with Gasteiger partial charge in [0, 0.05) is 17.1 Å². The van der Waals surface area contributed by atoms with Gasteiger partial charge in [0.1, 0.15) is 11.4 Å². The van der Waals surface area contributed by atoms with Crippen LogP contribution in [0.2, 0.25) is 0 Å². The van der Waals surface area contributed by atoms with Gasteiger partial charge in [0.25, 0.3) is 5.12 Å². The quantitative estimate of drug-likeness (QED) is 0.607. The van der Waals surface area contributed by atoms with Crippen LogP contribution in [-0.2, 0) is 9.53 Å². The van der Waals surface area contributed by atoms with Crippen molar-refractivity contribution in [1.29, 1.82) is 0 Å². The van der Waals surface area contributed by atoms with Crippen molar-refractivity contribution >= 4 is 40.7 Å². The van der Waals surface area contributed by atoms with E-state index in [1.165, 1.54) is 22.9 Å². The molecule has 0 bridgehead atoms. The van der Waals surface area contributed by atoms with Crippen LogP contribution in [0.1, 0.15) is 10.6 Å². The molecule has 122 valence electrons. The average molecular weight is 356 g/mol. The highest BCUT2D eigenvalue weighted by atomic mass is 32.2. The summed E-state index contributed by atoms with van der Waals surface area (Å²) >= 11 is 2.37. The number of rotatable bonds is 4. The number of furan rings is 1. The van der Waals surface area contributed by atoms with Gasteiger partial charge in [0.2, 0.25) is 11.8 Å². The number of carbonyl (C=O) groups is 3. The second-order valence-corrected chi connectivity index (χ2v) is 6.82. The van der Waals surface area contributed by atoms with Crippen molar-refractivity contribution in [1.82, 2.24) is 4.90 Å². The van der Waals surface area contributed by atoms with Crippen LogP contribution in [0.15, 0.2) is 34.3 Å². The fourth-order valence-electron chi connectivity index (χ4n) is 2.22. The van der Waals surface area contributed by atoms with Crippen molar-refractivity contribution in [3.8, 4) is 0 Å². The molecule has 8 nitrogen and oxygen atoms in total. The molecule has 0 spiro atoms.